The van der Waals surface area contributed by atoms with E-state index in [4.69, 9.17) is 14.2 Å². The van der Waals surface area contributed by atoms with E-state index >= 15 is 0 Å². The van der Waals surface area contributed by atoms with Crippen molar-refractivity contribution < 1.29 is 19.0 Å². The highest BCUT2D eigenvalue weighted by atomic mass is 16.7. The van der Waals surface area contributed by atoms with E-state index in [0.717, 1.165) is 19.6 Å². The van der Waals surface area contributed by atoms with Gasteiger partial charge in [-0.05, 0) is 13.3 Å². The van der Waals surface area contributed by atoms with Crippen LogP contribution in [0.4, 0.5) is 0 Å². The van der Waals surface area contributed by atoms with Gasteiger partial charge in [-0.1, -0.05) is 0 Å². The fourth-order valence-electron chi connectivity index (χ4n) is 1.17. The van der Waals surface area contributed by atoms with Crippen molar-refractivity contribution in [3.05, 3.63) is 0 Å². The van der Waals surface area contributed by atoms with Crippen LogP contribution in [0.1, 0.15) is 26.2 Å². The number of carbonyl (C=O) groups excluding carboxylic acids is 1. The third-order valence-electron chi connectivity index (χ3n) is 1.79. The molecule has 4 heteroatoms. The summed E-state index contributed by atoms with van der Waals surface area (Å²) >= 11 is 0. The van der Waals surface area contributed by atoms with Gasteiger partial charge < -0.3 is 14.2 Å². The first-order valence-corrected chi connectivity index (χ1v) is 4.71. The molecule has 1 rings (SSSR count). The van der Waals surface area contributed by atoms with Crippen molar-refractivity contribution >= 4 is 5.97 Å². The van der Waals surface area contributed by atoms with Crippen molar-refractivity contribution in [1.82, 2.24) is 0 Å². The quantitative estimate of drug-likeness (QED) is 0.619. The first-order chi connectivity index (χ1) is 6.33. The van der Waals surface area contributed by atoms with Gasteiger partial charge in [-0.3, -0.25) is 4.79 Å². The first kappa shape index (κ1) is 10.5. The molecule has 0 atom stereocenters. The van der Waals surface area contributed by atoms with E-state index in [-0.39, 0.29) is 12.3 Å². The van der Waals surface area contributed by atoms with Crippen LogP contribution in [0.25, 0.3) is 0 Å². The Balaban J connectivity index is 2.06. The van der Waals surface area contributed by atoms with Crippen LogP contribution in [0.3, 0.4) is 0 Å². The molecule has 0 aromatic rings. The lowest BCUT2D eigenvalue weighted by Crippen LogP contribution is -2.25. The molecule has 1 fully saturated rings. The van der Waals surface area contributed by atoms with Gasteiger partial charge in [0.25, 0.3) is 0 Å². The molecule has 1 heterocycles. The number of ether oxygens (including phenoxy) is 3. The molecule has 1 aliphatic heterocycles. The molecule has 1 aliphatic rings. The SMILES string of the molecule is CCOC(=O)CCC1OCCCO1. The molecule has 0 N–H and O–H groups in total. The van der Waals surface area contributed by atoms with Gasteiger partial charge in [0.2, 0.25) is 0 Å². The maximum absolute atomic E-state index is 11.0. The Kier molecular flexibility index (Phi) is 4.78. The molecule has 13 heavy (non-hydrogen) atoms. The third-order valence-corrected chi connectivity index (χ3v) is 1.79. The predicted molar refractivity (Wildman–Crippen MR) is 46.2 cm³/mol. The molecule has 4 nitrogen and oxygen atoms in total. The van der Waals surface area contributed by atoms with Crippen LogP contribution in [0.2, 0.25) is 0 Å². The number of carbonyl (C=O) groups is 1. The fraction of sp³-hybridized carbons (Fsp3) is 0.889. The zero-order valence-corrected chi connectivity index (χ0v) is 7.95. The smallest absolute Gasteiger partial charge is 0.305 e. The van der Waals surface area contributed by atoms with Crippen LogP contribution in [0.15, 0.2) is 0 Å². The molecular weight excluding hydrogens is 172 g/mol. The lowest BCUT2D eigenvalue weighted by molar-refractivity contribution is -0.184. The van der Waals surface area contributed by atoms with E-state index in [1.54, 1.807) is 6.92 Å². The summed E-state index contributed by atoms with van der Waals surface area (Å²) in [5.41, 5.74) is 0. The number of rotatable bonds is 4. The predicted octanol–water partition coefficient (Wildman–Crippen LogP) is 1.09. The number of esters is 1. The molecule has 1 saturated heterocycles. The van der Waals surface area contributed by atoms with E-state index < -0.39 is 0 Å². The minimum absolute atomic E-state index is 0.180. The summed E-state index contributed by atoms with van der Waals surface area (Å²) in [6.45, 7) is 3.69. The Bertz CT molecular complexity index is 152. The van der Waals surface area contributed by atoms with E-state index in [9.17, 15) is 4.79 Å². The molecule has 0 amide bonds. The Morgan fingerprint density at radius 1 is 1.46 bits per heavy atom. The third kappa shape index (κ3) is 4.24. The van der Waals surface area contributed by atoms with Gasteiger partial charge in [-0.15, -0.1) is 0 Å². The van der Waals surface area contributed by atoms with E-state index in [1.807, 2.05) is 0 Å². The zero-order valence-electron chi connectivity index (χ0n) is 7.95. The van der Waals surface area contributed by atoms with Crippen LogP contribution >= 0.6 is 0 Å². The molecule has 0 aliphatic carbocycles. The van der Waals surface area contributed by atoms with Crippen molar-refractivity contribution in [2.45, 2.75) is 32.5 Å². The largest absolute Gasteiger partial charge is 0.466 e. The zero-order chi connectivity index (χ0) is 9.52. The van der Waals surface area contributed by atoms with Crippen molar-refractivity contribution in [1.29, 1.82) is 0 Å². The highest BCUT2D eigenvalue weighted by Gasteiger charge is 2.15. The Morgan fingerprint density at radius 3 is 2.77 bits per heavy atom. The second-order valence-electron chi connectivity index (χ2n) is 2.87. The second kappa shape index (κ2) is 5.94. The summed E-state index contributed by atoms with van der Waals surface area (Å²) in [5, 5.41) is 0. The molecule has 0 spiro atoms. The van der Waals surface area contributed by atoms with Crippen LogP contribution < -0.4 is 0 Å². The molecule has 0 aromatic carbocycles. The van der Waals surface area contributed by atoms with Gasteiger partial charge in [0.05, 0.1) is 26.2 Å². The minimum atomic E-state index is -0.210. The van der Waals surface area contributed by atoms with Crippen LogP contribution in [0.5, 0.6) is 0 Å². The standard InChI is InChI=1S/C9H16O4/c1-2-11-8(10)4-5-9-12-6-3-7-13-9/h9H,2-7H2,1H3. The molecule has 0 aromatic heterocycles. The van der Waals surface area contributed by atoms with Gasteiger partial charge in [0, 0.05) is 6.42 Å². The van der Waals surface area contributed by atoms with Crippen molar-refractivity contribution in [2.75, 3.05) is 19.8 Å². The molecule has 76 valence electrons. The highest BCUT2D eigenvalue weighted by Crippen LogP contribution is 2.10. The Morgan fingerprint density at radius 2 is 2.15 bits per heavy atom. The monoisotopic (exact) mass is 188 g/mol. The summed E-state index contributed by atoms with van der Waals surface area (Å²) in [6.07, 6.45) is 1.70. The normalized spacial score (nSPS) is 18.5. The van der Waals surface area contributed by atoms with E-state index in [2.05, 4.69) is 0 Å². The lowest BCUT2D eigenvalue weighted by atomic mass is 10.3. The average molecular weight is 188 g/mol. The summed E-state index contributed by atoms with van der Waals surface area (Å²) in [4.78, 5) is 11.0. The first-order valence-electron chi connectivity index (χ1n) is 4.71. The lowest BCUT2D eigenvalue weighted by Gasteiger charge is -2.22. The molecule has 0 saturated carbocycles. The van der Waals surface area contributed by atoms with Crippen LogP contribution in [-0.4, -0.2) is 32.1 Å². The highest BCUT2D eigenvalue weighted by molar-refractivity contribution is 5.69. The summed E-state index contributed by atoms with van der Waals surface area (Å²) in [6, 6.07) is 0. The second-order valence-corrected chi connectivity index (χ2v) is 2.87. The summed E-state index contributed by atoms with van der Waals surface area (Å²) in [5.74, 6) is -0.180. The summed E-state index contributed by atoms with van der Waals surface area (Å²) < 4.78 is 15.3. The van der Waals surface area contributed by atoms with E-state index in [0.29, 0.717) is 19.4 Å². The Hall–Kier alpha value is -0.610. The van der Waals surface area contributed by atoms with E-state index in [1.165, 1.54) is 0 Å². The Labute approximate surface area is 78.2 Å². The van der Waals surface area contributed by atoms with Gasteiger partial charge in [-0.25, -0.2) is 0 Å². The molecule has 0 bridgehead atoms. The van der Waals surface area contributed by atoms with Gasteiger partial charge >= 0.3 is 5.97 Å². The van der Waals surface area contributed by atoms with Crippen molar-refractivity contribution in [3.8, 4) is 0 Å². The fourth-order valence-corrected chi connectivity index (χ4v) is 1.17. The number of hydrogen-bond donors (Lipinski definition) is 0. The molecule has 0 radical (unpaired) electrons. The maximum atomic E-state index is 11.0. The van der Waals surface area contributed by atoms with Gasteiger partial charge in [0.1, 0.15) is 0 Å². The average Bonchev–Trinajstić information content (AvgIpc) is 2.17. The van der Waals surface area contributed by atoms with Gasteiger partial charge in [0.15, 0.2) is 6.29 Å². The molecule has 0 unspecified atom stereocenters. The van der Waals surface area contributed by atoms with Crippen LogP contribution in [-0.2, 0) is 19.0 Å². The molecular formula is C9H16O4. The maximum Gasteiger partial charge on any atom is 0.305 e. The van der Waals surface area contributed by atoms with Gasteiger partial charge in [-0.2, -0.15) is 0 Å². The number of hydrogen-bond acceptors (Lipinski definition) is 4. The van der Waals surface area contributed by atoms with Crippen molar-refractivity contribution in [2.24, 2.45) is 0 Å². The minimum Gasteiger partial charge on any atom is -0.466 e. The van der Waals surface area contributed by atoms with Crippen LogP contribution in [0, 0.1) is 0 Å². The van der Waals surface area contributed by atoms with Crippen molar-refractivity contribution in [3.63, 3.8) is 0 Å². The topological polar surface area (TPSA) is 44.8 Å². The summed E-state index contributed by atoms with van der Waals surface area (Å²) in [7, 11) is 0.